The zero-order valence-corrected chi connectivity index (χ0v) is 16.5. The standard InChI is InChI=1S/C23H19N3O4/c1-25(22-13-19(26(28)29)11-12-21(22)23(27)30-2)15-16-7-9-17(10-8-16)20-6-4-3-5-18(20)14-24/h3-13H,15H2,1-2H3. The molecule has 0 spiro atoms. The van der Waals surface area contributed by atoms with Crippen molar-refractivity contribution >= 4 is 17.3 Å². The van der Waals surface area contributed by atoms with E-state index in [-0.39, 0.29) is 11.3 Å². The molecule has 3 aromatic rings. The Morgan fingerprint density at radius 2 is 1.83 bits per heavy atom. The van der Waals surface area contributed by atoms with Gasteiger partial charge >= 0.3 is 5.97 Å². The number of methoxy groups -OCH3 is 1. The number of ether oxygens (including phenoxy) is 1. The number of nitro benzene ring substituents is 1. The Balaban J connectivity index is 1.88. The third kappa shape index (κ3) is 4.28. The molecule has 0 fully saturated rings. The first-order valence-electron chi connectivity index (χ1n) is 9.11. The number of nitrogens with zero attached hydrogens (tertiary/aromatic N) is 3. The van der Waals surface area contributed by atoms with Crippen molar-refractivity contribution in [1.29, 1.82) is 5.26 Å². The Bertz CT molecular complexity index is 1130. The fourth-order valence-electron chi connectivity index (χ4n) is 3.21. The summed E-state index contributed by atoms with van der Waals surface area (Å²) in [5, 5.41) is 20.4. The molecule has 0 aliphatic heterocycles. The third-order valence-electron chi connectivity index (χ3n) is 4.74. The summed E-state index contributed by atoms with van der Waals surface area (Å²) in [6.07, 6.45) is 0. The molecular formula is C23H19N3O4. The highest BCUT2D eigenvalue weighted by Crippen LogP contribution is 2.28. The Hall–Kier alpha value is -4.18. The van der Waals surface area contributed by atoms with Gasteiger partial charge in [-0.05, 0) is 28.8 Å². The van der Waals surface area contributed by atoms with Crippen molar-refractivity contribution in [1.82, 2.24) is 0 Å². The average molecular weight is 401 g/mol. The first kappa shape index (κ1) is 20.6. The zero-order valence-electron chi connectivity index (χ0n) is 16.5. The molecule has 0 bridgehead atoms. The van der Waals surface area contributed by atoms with Gasteiger partial charge in [0.05, 0.1) is 34.9 Å². The Labute approximate surface area is 173 Å². The van der Waals surface area contributed by atoms with Gasteiger partial charge in [-0.2, -0.15) is 5.26 Å². The molecule has 0 aliphatic rings. The lowest BCUT2D eigenvalue weighted by atomic mass is 9.99. The van der Waals surface area contributed by atoms with Crippen LogP contribution in [0, 0.1) is 21.4 Å². The van der Waals surface area contributed by atoms with E-state index in [9.17, 15) is 20.2 Å². The number of esters is 1. The van der Waals surface area contributed by atoms with Crippen molar-refractivity contribution in [2.24, 2.45) is 0 Å². The third-order valence-corrected chi connectivity index (χ3v) is 4.74. The van der Waals surface area contributed by atoms with Crippen LogP contribution in [0.4, 0.5) is 11.4 Å². The minimum atomic E-state index is -0.560. The largest absolute Gasteiger partial charge is 0.465 e. The fourth-order valence-corrected chi connectivity index (χ4v) is 3.21. The van der Waals surface area contributed by atoms with Gasteiger partial charge in [0.1, 0.15) is 0 Å². The predicted molar refractivity (Wildman–Crippen MR) is 113 cm³/mol. The highest BCUT2D eigenvalue weighted by molar-refractivity contribution is 5.96. The first-order valence-corrected chi connectivity index (χ1v) is 9.11. The maximum Gasteiger partial charge on any atom is 0.339 e. The van der Waals surface area contributed by atoms with Gasteiger partial charge in [0, 0.05) is 25.7 Å². The molecule has 0 N–H and O–H groups in total. The lowest BCUT2D eigenvalue weighted by Crippen LogP contribution is -2.20. The number of nitro groups is 1. The van der Waals surface area contributed by atoms with Crippen LogP contribution in [0.3, 0.4) is 0 Å². The molecule has 0 heterocycles. The molecule has 0 aliphatic carbocycles. The van der Waals surface area contributed by atoms with E-state index in [4.69, 9.17) is 4.74 Å². The van der Waals surface area contributed by atoms with Gasteiger partial charge in [-0.3, -0.25) is 10.1 Å². The van der Waals surface area contributed by atoms with Crippen LogP contribution < -0.4 is 4.90 Å². The Morgan fingerprint density at radius 3 is 2.47 bits per heavy atom. The molecule has 0 saturated carbocycles. The van der Waals surface area contributed by atoms with E-state index >= 15 is 0 Å². The molecule has 0 atom stereocenters. The van der Waals surface area contributed by atoms with Gasteiger partial charge < -0.3 is 9.64 Å². The summed E-state index contributed by atoms with van der Waals surface area (Å²) in [7, 11) is 3.02. The number of carbonyl (C=O) groups is 1. The van der Waals surface area contributed by atoms with Crippen LogP contribution in [0.25, 0.3) is 11.1 Å². The normalized spacial score (nSPS) is 10.2. The Morgan fingerprint density at radius 1 is 1.13 bits per heavy atom. The van der Waals surface area contributed by atoms with E-state index in [2.05, 4.69) is 6.07 Å². The van der Waals surface area contributed by atoms with Gasteiger partial charge in [0.15, 0.2) is 0 Å². The van der Waals surface area contributed by atoms with Gasteiger partial charge in [-0.15, -0.1) is 0 Å². The highest BCUT2D eigenvalue weighted by atomic mass is 16.6. The van der Waals surface area contributed by atoms with Crippen molar-refractivity contribution in [2.75, 3.05) is 19.1 Å². The van der Waals surface area contributed by atoms with Crippen LogP contribution >= 0.6 is 0 Å². The number of benzene rings is 3. The summed E-state index contributed by atoms with van der Waals surface area (Å²) in [5.74, 6) is -0.560. The van der Waals surface area contributed by atoms with Crippen molar-refractivity contribution in [2.45, 2.75) is 6.54 Å². The quantitative estimate of drug-likeness (QED) is 0.341. The van der Waals surface area contributed by atoms with Gasteiger partial charge in [0.25, 0.3) is 5.69 Å². The van der Waals surface area contributed by atoms with E-state index in [1.54, 1.807) is 18.0 Å². The van der Waals surface area contributed by atoms with E-state index in [1.807, 2.05) is 42.5 Å². The second-order valence-corrected chi connectivity index (χ2v) is 6.66. The van der Waals surface area contributed by atoms with Crippen LogP contribution in [0.1, 0.15) is 21.5 Å². The number of hydrogen-bond acceptors (Lipinski definition) is 6. The molecule has 0 saturated heterocycles. The number of hydrogen-bond donors (Lipinski definition) is 0. The predicted octanol–water partition coefficient (Wildman–Crippen LogP) is 4.56. The first-order chi connectivity index (χ1) is 14.4. The summed E-state index contributed by atoms with van der Waals surface area (Å²) < 4.78 is 4.80. The topological polar surface area (TPSA) is 96.5 Å². The van der Waals surface area contributed by atoms with Crippen molar-refractivity contribution < 1.29 is 14.5 Å². The molecular weight excluding hydrogens is 382 g/mol. The van der Waals surface area contributed by atoms with Crippen LogP contribution in [0.5, 0.6) is 0 Å². The van der Waals surface area contributed by atoms with Crippen LogP contribution in [0.2, 0.25) is 0 Å². The number of rotatable bonds is 6. The van der Waals surface area contributed by atoms with Gasteiger partial charge in [-0.25, -0.2) is 4.79 Å². The van der Waals surface area contributed by atoms with Crippen LogP contribution in [0.15, 0.2) is 66.7 Å². The van der Waals surface area contributed by atoms with E-state index < -0.39 is 10.9 Å². The number of anilines is 1. The van der Waals surface area contributed by atoms with Gasteiger partial charge in [0.2, 0.25) is 0 Å². The molecule has 0 unspecified atom stereocenters. The molecule has 3 aromatic carbocycles. The van der Waals surface area contributed by atoms with E-state index in [1.165, 1.54) is 25.3 Å². The molecule has 0 aromatic heterocycles. The van der Waals surface area contributed by atoms with Crippen molar-refractivity contribution in [3.8, 4) is 17.2 Å². The second-order valence-electron chi connectivity index (χ2n) is 6.66. The van der Waals surface area contributed by atoms with Gasteiger partial charge in [-0.1, -0.05) is 42.5 Å². The molecule has 0 radical (unpaired) electrons. The number of carbonyl (C=O) groups excluding carboxylic acids is 1. The van der Waals surface area contributed by atoms with Crippen molar-refractivity contribution in [3.63, 3.8) is 0 Å². The maximum absolute atomic E-state index is 12.1. The number of non-ortho nitro benzene ring substituents is 1. The summed E-state index contributed by atoms with van der Waals surface area (Å²) in [6.45, 7) is 0.422. The molecule has 7 nitrogen and oxygen atoms in total. The lowest BCUT2D eigenvalue weighted by molar-refractivity contribution is -0.384. The molecule has 3 rings (SSSR count). The molecule has 30 heavy (non-hydrogen) atoms. The maximum atomic E-state index is 12.1. The van der Waals surface area contributed by atoms with Crippen LogP contribution in [-0.4, -0.2) is 25.1 Å². The minimum Gasteiger partial charge on any atom is -0.465 e. The highest BCUT2D eigenvalue weighted by Gasteiger charge is 2.19. The molecule has 150 valence electrons. The minimum absolute atomic E-state index is 0.104. The van der Waals surface area contributed by atoms with Crippen LogP contribution in [-0.2, 0) is 11.3 Å². The van der Waals surface area contributed by atoms with E-state index in [0.29, 0.717) is 17.8 Å². The smallest absolute Gasteiger partial charge is 0.339 e. The fraction of sp³-hybridized carbons (Fsp3) is 0.130. The Kier molecular flexibility index (Phi) is 6.08. The lowest BCUT2D eigenvalue weighted by Gasteiger charge is -2.22. The summed E-state index contributed by atoms with van der Waals surface area (Å²) in [6, 6.07) is 21.3. The molecule has 0 amide bonds. The summed E-state index contributed by atoms with van der Waals surface area (Å²) >= 11 is 0. The summed E-state index contributed by atoms with van der Waals surface area (Å²) in [4.78, 5) is 24.5. The van der Waals surface area contributed by atoms with Crippen molar-refractivity contribution in [3.05, 3.63) is 93.5 Å². The number of nitriles is 1. The SMILES string of the molecule is COC(=O)c1ccc([N+](=O)[O-])cc1N(C)Cc1ccc(-c2ccccc2C#N)cc1. The monoisotopic (exact) mass is 401 g/mol. The second kappa shape index (κ2) is 8.88. The molecule has 7 heteroatoms. The average Bonchev–Trinajstić information content (AvgIpc) is 2.78. The zero-order chi connectivity index (χ0) is 21.7. The summed E-state index contributed by atoms with van der Waals surface area (Å²) in [5.41, 5.74) is 3.88. The van der Waals surface area contributed by atoms with E-state index in [0.717, 1.165) is 16.7 Å².